The minimum absolute atomic E-state index is 0.0663. The van der Waals surface area contributed by atoms with Crippen LogP contribution in [-0.2, 0) is 22.3 Å². The molecular weight excluding hydrogens is 688 g/mol. The number of rotatable bonds is 12. The minimum atomic E-state index is -1.000. The first-order valence-corrected chi connectivity index (χ1v) is 19.1. The molecule has 0 N–H and O–H groups in total. The lowest BCUT2D eigenvalue weighted by molar-refractivity contribution is -0.160. The predicted molar refractivity (Wildman–Crippen MR) is 202 cm³/mol. The molecular formula is C37H43ClN8O4S. The van der Waals surface area contributed by atoms with Crippen LogP contribution < -0.4 is 20.2 Å². The quantitative estimate of drug-likeness (QED) is 0.154. The summed E-state index contributed by atoms with van der Waals surface area (Å²) in [6.07, 6.45) is 3.85. The fourth-order valence-corrected chi connectivity index (χ4v) is 8.10. The van der Waals surface area contributed by atoms with Crippen molar-refractivity contribution in [3.8, 4) is 11.4 Å². The highest BCUT2D eigenvalue weighted by Gasteiger charge is 2.44. The zero-order valence-corrected chi connectivity index (χ0v) is 30.7. The fraction of sp³-hybridized carbons (Fsp3) is 0.378. The van der Waals surface area contributed by atoms with Crippen molar-refractivity contribution in [2.75, 3.05) is 54.9 Å². The Hall–Kier alpha value is -4.43. The van der Waals surface area contributed by atoms with E-state index in [0.29, 0.717) is 24.0 Å². The standard InChI is InChI=1S/C37H43ClN8O4S/c1-5-27(2)46-36(47)45(26-40-46)32-12-10-30(11-13-32)43-18-20-44(21-19-43)31-14-16-33(17-15-31)48-22-34-23-49-37(50-34,28-6-8-29(38)9-7-28)24-51(4)35-41-39-25-42(35)3/h6-17,25-27,34H,4-5,18-24H2,1-3H3. The van der Waals surface area contributed by atoms with Gasteiger partial charge in [0.05, 0.1) is 24.1 Å². The number of aromatic nitrogens is 6. The van der Waals surface area contributed by atoms with Crippen molar-refractivity contribution >= 4 is 39.3 Å². The monoisotopic (exact) mass is 730 g/mol. The first kappa shape index (κ1) is 35.0. The molecule has 7 rings (SSSR count). The lowest BCUT2D eigenvalue weighted by Gasteiger charge is -2.37. The summed E-state index contributed by atoms with van der Waals surface area (Å²) in [4.78, 5) is 17.6. The molecule has 0 spiro atoms. The van der Waals surface area contributed by atoms with Crippen LogP contribution in [-0.4, -0.2) is 86.2 Å². The highest BCUT2D eigenvalue weighted by Crippen LogP contribution is 2.41. The molecule has 2 fully saturated rings. The maximum absolute atomic E-state index is 12.8. The largest absolute Gasteiger partial charge is 0.491 e. The second-order valence-electron chi connectivity index (χ2n) is 13.0. The summed E-state index contributed by atoms with van der Waals surface area (Å²) in [6, 6.07) is 24.0. The summed E-state index contributed by atoms with van der Waals surface area (Å²) in [6.45, 7) is 8.35. The Kier molecular flexibility index (Phi) is 10.3. The van der Waals surface area contributed by atoms with Crippen molar-refractivity contribution in [3.05, 3.63) is 107 Å². The highest BCUT2D eigenvalue weighted by molar-refractivity contribution is 8.14. The van der Waals surface area contributed by atoms with Crippen LogP contribution in [0.4, 0.5) is 11.4 Å². The maximum Gasteiger partial charge on any atom is 0.350 e. The van der Waals surface area contributed by atoms with Crippen molar-refractivity contribution in [1.82, 2.24) is 29.1 Å². The van der Waals surface area contributed by atoms with Crippen molar-refractivity contribution in [1.29, 1.82) is 0 Å². The van der Waals surface area contributed by atoms with E-state index in [1.54, 1.807) is 21.9 Å². The number of hydrogen-bond acceptors (Lipinski definition) is 9. The molecule has 0 saturated carbocycles. The van der Waals surface area contributed by atoms with Crippen LogP contribution in [0.25, 0.3) is 5.69 Å². The van der Waals surface area contributed by atoms with Gasteiger partial charge in [0, 0.05) is 55.2 Å². The number of anilines is 2. The first-order valence-electron chi connectivity index (χ1n) is 17.1. The lowest BCUT2D eigenvalue weighted by atomic mass is 10.1. The number of halogens is 1. The third-order valence-corrected chi connectivity index (χ3v) is 11.4. The number of nitrogens with zero attached hydrogens (tertiary/aromatic N) is 8. The van der Waals surface area contributed by atoms with Gasteiger partial charge in [0.1, 0.15) is 31.1 Å². The van der Waals surface area contributed by atoms with E-state index >= 15 is 0 Å². The topological polar surface area (TPSA) is 105 Å². The summed E-state index contributed by atoms with van der Waals surface area (Å²) in [5.74, 6) is 4.63. The van der Waals surface area contributed by atoms with E-state index in [1.807, 2.05) is 67.1 Å². The van der Waals surface area contributed by atoms with Gasteiger partial charge >= 0.3 is 5.69 Å². The van der Waals surface area contributed by atoms with Gasteiger partial charge in [-0.15, -0.1) is 20.7 Å². The van der Waals surface area contributed by atoms with E-state index in [4.69, 9.17) is 25.8 Å². The van der Waals surface area contributed by atoms with Crippen molar-refractivity contribution in [2.45, 2.75) is 43.4 Å². The third-order valence-electron chi connectivity index (χ3n) is 9.55. The van der Waals surface area contributed by atoms with Crippen molar-refractivity contribution < 1.29 is 14.2 Å². The molecule has 12 nitrogen and oxygen atoms in total. The SMILES string of the molecule is C=S(CC1(c2ccc(Cl)cc2)OCC(COc2ccc(N3CCN(c4ccc(-n5cnn(C(C)CC)c5=O)cc4)CC3)cc2)O1)c1nncn1C. The molecule has 2 aromatic heterocycles. The van der Waals surface area contributed by atoms with E-state index < -0.39 is 16.3 Å². The van der Waals surface area contributed by atoms with Crippen LogP contribution in [0.2, 0.25) is 5.02 Å². The Labute approximate surface area is 305 Å². The molecule has 51 heavy (non-hydrogen) atoms. The Morgan fingerprint density at radius 2 is 1.59 bits per heavy atom. The zero-order valence-electron chi connectivity index (χ0n) is 29.1. The number of aryl methyl sites for hydroxylation is 1. The van der Waals surface area contributed by atoms with Crippen LogP contribution in [0, 0.1) is 0 Å². The average Bonchev–Trinajstić information content (AvgIpc) is 3.89. The molecule has 2 aliphatic heterocycles. The van der Waals surface area contributed by atoms with Gasteiger partial charge in [-0.2, -0.15) is 5.10 Å². The van der Waals surface area contributed by atoms with E-state index in [0.717, 1.165) is 66.1 Å². The lowest BCUT2D eigenvalue weighted by Crippen LogP contribution is -2.46. The zero-order chi connectivity index (χ0) is 35.5. The van der Waals surface area contributed by atoms with E-state index in [2.05, 4.69) is 62.2 Å². The number of ether oxygens (including phenoxy) is 3. The van der Waals surface area contributed by atoms with Gasteiger partial charge in [-0.3, -0.25) is 0 Å². The van der Waals surface area contributed by atoms with Gasteiger partial charge in [-0.25, -0.2) is 14.0 Å². The number of hydrogen-bond donors (Lipinski definition) is 0. The molecule has 5 aromatic rings. The summed E-state index contributed by atoms with van der Waals surface area (Å²) in [5, 5.41) is 14.0. The Balaban J connectivity index is 0.925. The first-order chi connectivity index (χ1) is 24.7. The molecule has 0 bridgehead atoms. The molecule has 14 heteroatoms. The van der Waals surface area contributed by atoms with Crippen LogP contribution in [0.1, 0.15) is 31.9 Å². The highest BCUT2D eigenvalue weighted by atomic mass is 35.5. The van der Waals surface area contributed by atoms with E-state index in [9.17, 15) is 4.79 Å². The van der Waals surface area contributed by atoms with Crippen LogP contribution in [0.3, 0.4) is 0 Å². The molecule has 2 saturated heterocycles. The Bertz CT molecular complexity index is 2010. The van der Waals surface area contributed by atoms with Gasteiger partial charge in [0.2, 0.25) is 5.79 Å². The van der Waals surface area contributed by atoms with Gasteiger partial charge in [-0.05, 0) is 74.0 Å². The second-order valence-corrected chi connectivity index (χ2v) is 15.0. The molecule has 3 aromatic carbocycles. The molecule has 4 unspecified atom stereocenters. The van der Waals surface area contributed by atoms with Gasteiger partial charge in [0.15, 0.2) is 5.16 Å². The van der Waals surface area contributed by atoms with Crippen LogP contribution in [0.5, 0.6) is 5.75 Å². The normalized spacial score (nSPS) is 20.4. The maximum atomic E-state index is 12.8. The molecule has 0 amide bonds. The third kappa shape index (κ3) is 7.48. The fourth-order valence-electron chi connectivity index (χ4n) is 6.45. The average molecular weight is 731 g/mol. The van der Waals surface area contributed by atoms with Crippen molar-refractivity contribution in [3.63, 3.8) is 0 Å². The van der Waals surface area contributed by atoms with E-state index in [1.165, 1.54) is 0 Å². The number of benzene rings is 3. The van der Waals surface area contributed by atoms with Gasteiger partial charge < -0.3 is 28.6 Å². The van der Waals surface area contributed by atoms with Gasteiger partial charge in [-0.1, -0.05) is 36.5 Å². The van der Waals surface area contributed by atoms with Gasteiger partial charge in [0.25, 0.3) is 0 Å². The summed E-state index contributed by atoms with van der Waals surface area (Å²) < 4.78 is 24.2. The van der Waals surface area contributed by atoms with E-state index in [-0.39, 0.29) is 17.8 Å². The molecule has 4 heterocycles. The molecule has 268 valence electrons. The molecule has 4 atom stereocenters. The predicted octanol–water partition coefficient (Wildman–Crippen LogP) is 5.52. The molecule has 0 aliphatic carbocycles. The smallest absolute Gasteiger partial charge is 0.350 e. The van der Waals surface area contributed by atoms with Crippen LogP contribution in [0.15, 0.2) is 95.4 Å². The van der Waals surface area contributed by atoms with Crippen molar-refractivity contribution in [2.24, 2.45) is 7.05 Å². The summed E-state index contributed by atoms with van der Waals surface area (Å²) in [7, 11) is 1.37. The second kappa shape index (κ2) is 15.0. The minimum Gasteiger partial charge on any atom is -0.491 e. The Morgan fingerprint density at radius 3 is 2.20 bits per heavy atom. The van der Waals surface area contributed by atoms with Crippen LogP contribution >= 0.6 is 22.1 Å². The Morgan fingerprint density at radius 1 is 0.961 bits per heavy atom. The summed E-state index contributed by atoms with van der Waals surface area (Å²) >= 11 is 6.20. The molecule has 2 aliphatic rings. The number of piperazine rings is 1. The molecule has 0 radical (unpaired) electrons. The summed E-state index contributed by atoms with van der Waals surface area (Å²) in [5.41, 5.74) is 3.88.